The first-order chi connectivity index (χ1) is 9.65. The highest BCUT2D eigenvalue weighted by atomic mass is 16.5. The van der Waals surface area contributed by atoms with Crippen LogP contribution in [0.2, 0.25) is 0 Å². The Labute approximate surface area is 116 Å². The molecule has 5 nitrogen and oxygen atoms in total. The summed E-state index contributed by atoms with van der Waals surface area (Å²) in [5.41, 5.74) is 0.950. The molecule has 5 heteroatoms. The van der Waals surface area contributed by atoms with Gasteiger partial charge >= 0.3 is 5.97 Å². The summed E-state index contributed by atoms with van der Waals surface area (Å²) in [6.07, 6.45) is 1.01. The van der Waals surface area contributed by atoms with Gasteiger partial charge in [0.15, 0.2) is 0 Å². The van der Waals surface area contributed by atoms with E-state index in [4.69, 9.17) is 4.74 Å². The minimum atomic E-state index is -0.942. The lowest BCUT2D eigenvalue weighted by Crippen LogP contribution is -2.27. The quantitative estimate of drug-likeness (QED) is 0.898. The molecular weight excluding hydrogens is 256 g/mol. The van der Waals surface area contributed by atoms with E-state index in [2.05, 4.69) is 10.3 Å². The lowest BCUT2D eigenvalue weighted by atomic mass is 10.1. The van der Waals surface area contributed by atoms with Gasteiger partial charge in [-0.25, -0.2) is 9.78 Å². The van der Waals surface area contributed by atoms with Crippen LogP contribution in [-0.4, -0.2) is 34.8 Å². The predicted octanol–water partition coefficient (Wildman–Crippen LogP) is 2.52. The number of para-hydroxylation sites is 1. The average Bonchev–Trinajstić information content (AvgIpc) is 2.83. The summed E-state index contributed by atoms with van der Waals surface area (Å²) in [6, 6.07) is 9.03. The fourth-order valence-corrected chi connectivity index (χ4v) is 2.54. The Kier molecular flexibility index (Phi) is 3.28. The van der Waals surface area contributed by atoms with Crippen molar-refractivity contribution in [1.82, 2.24) is 4.98 Å². The maximum atomic E-state index is 11.4. The molecule has 0 bridgehead atoms. The third kappa shape index (κ3) is 2.32. The monoisotopic (exact) mass is 272 g/mol. The second-order valence-corrected chi connectivity index (χ2v) is 4.99. The van der Waals surface area contributed by atoms with Crippen molar-refractivity contribution in [2.75, 3.05) is 11.9 Å². The highest BCUT2D eigenvalue weighted by molar-refractivity contribution is 6.03. The van der Waals surface area contributed by atoms with Crippen molar-refractivity contribution in [2.45, 2.75) is 25.5 Å². The van der Waals surface area contributed by atoms with E-state index in [0.717, 1.165) is 13.0 Å². The summed E-state index contributed by atoms with van der Waals surface area (Å²) in [4.78, 5) is 15.9. The second-order valence-electron chi connectivity index (χ2n) is 4.99. The zero-order chi connectivity index (χ0) is 14.1. The van der Waals surface area contributed by atoms with Crippen LogP contribution in [0.3, 0.4) is 0 Å². The molecule has 2 heterocycles. The van der Waals surface area contributed by atoms with Crippen molar-refractivity contribution in [2.24, 2.45) is 0 Å². The van der Waals surface area contributed by atoms with Gasteiger partial charge in [0.05, 0.1) is 23.2 Å². The topological polar surface area (TPSA) is 71.5 Å². The molecule has 0 spiro atoms. The molecule has 0 saturated carbocycles. The molecule has 2 aromatic rings. The van der Waals surface area contributed by atoms with Gasteiger partial charge in [-0.2, -0.15) is 0 Å². The Hall–Kier alpha value is -2.14. The SMILES string of the molecule is CC1OCCC1Nc1cc(C(=O)O)c2ccccc2n1. The molecule has 3 rings (SSSR count). The summed E-state index contributed by atoms with van der Waals surface area (Å²) in [7, 11) is 0. The number of nitrogens with one attached hydrogen (secondary N) is 1. The molecule has 2 atom stereocenters. The summed E-state index contributed by atoms with van der Waals surface area (Å²) < 4.78 is 5.50. The number of carboxylic acid groups (broad SMARTS) is 1. The number of hydrogen-bond donors (Lipinski definition) is 2. The molecule has 0 aliphatic carbocycles. The van der Waals surface area contributed by atoms with Crippen LogP contribution in [0.4, 0.5) is 5.82 Å². The summed E-state index contributed by atoms with van der Waals surface area (Å²) in [5, 5.41) is 13.3. The number of anilines is 1. The highest BCUT2D eigenvalue weighted by Gasteiger charge is 2.24. The third-order valence-corrected chi connectivity index (χ3v) is 3.66. The number of ether oxygens (including phenoxy) is 1. The van der Waals surface area contributed by atoms with E-state index in [0.29, 0.717) is 16.7 Å². The number of fused-ring (bicyclic) bond motifs is 1. The smallest absolute Gasteiger partial charge is 0.336 e. The number of rotatable bonds is 3. The van der Waals surface area contributed by atoms with Gasteiger partial charge in [-0.05, 0) is 25.5 Å². The molecule has 2 unspecified atom stereocenters. The lowest BCUT2D eigenvalue weighted by molar-refractivity contribution is 0.0699. The number of aromatic nitrogens is 1. The number of nitrogens with zero attached hydrogens (tertiary/aromatic N) is 1. The van der Waals surface area contributed by atoms with E-state index in [1.54, 1.807) is 12.1 Å². The number of pyridine rings is 1. The molecule has 2 N–H and O–H groups in total. The van der Waals surface area contributed by atoms with E-state index >= 15 is 0 Å². The van der Waals surface area contributed by atoms with Crippen molar-refractivity contribution >= 4 is 22.7 Å². The highest BCUT2D eigenvalue weighted by Crippen LogP contribution is 2.23. The zero-order valence-corrected chi connectivity index (χ0v) is 11.2. The van der Waals surface area contributed by atoms with Gasteiger partial charge in [-0.3, -0.25) is 0 Å². The molecule has 1 fully saturated rings. The van der Waals surface area contributed by atoms with E-state index in [1.807, 2.05) is 25.1 Å². The summed E-state index contributed by atoms with van der Waals surface area (Å²) in [5.74, 6) is -0.356. The minimum absolute atomic E-state index is 0.108. The minimum Gasteiger partial charge on any atom is -0.478 e. The number of aromatic carboxylic acids is 1. The molecule has 1 aromatic heterocycles. The Morgan fingerprint density at radius 3 is 2.95 bits per heavy atom. The van der Waals surface area contributed by atoms with Crippen LogP contribution in [0.25, 0.3) is 10.9 Å². The first-order valence-corrected chi connectivity index (χ1v) is 6.66. The Bertz CT molecular complexity index is 657. The first-order valence-electron chi connectivity index (χ1n) is 6.66. The number of hydrogen-bond acceptors (Lipinski definition) is 4. The van der Waals surface area contributed by atoms with E-state index in [1.165, 1.54) is 0 Å². The second kappa shape index (κ2) is 5.09. The van der Waals surface area contributed by atoms with Crippen LogP contribution in [0.15, 0.2) is 30.3 Å². The van der Waals surface area contributed by atoms with Gasteiger partial charge in [0.2, 0.25) is 0 Å². The van der Waals surface area contributed by atoms with Crippen LogP contribution in [0.1, 0.15) is 23.7 Å². The normalized spacial score (nSPS) is 22.1. The molecule has 1 aromatic carbocycles. The van der Waals surface area contributed by atoms with Crippen molar-refractivity contribution in [1.29, 1.82) is 0 Å². The van der Waals surface area contributed by atoms with Crippen LogP contribution in [0.5, 0.6) is 0 Å². The fourth-order valence-electron chi connectivity index (χ4n) is 2.54. The lowest BCUT2D eigenvalue weighted by Gasteiger charge is -2.17. The molecular formula is C15H16N2O3. The predicted molar refractivity (Wildman–Crippen MR) is 76.1 cm³/mol. The molecule has 0 radical (unpaired) electrons. The van der Waals surface area contributed by atoms with Crippen molar-refractivity contribution in [3.63, 3.8) is 0 Å². The zero-order valence-electron chi connectivity index (χ0n) is 11.2. The fraction of sp³-hybridized carbons (Fsp3) is 0.333. The van der Waals surface area contributed by atoms with Crippen LogP contribution in [-0.2, 0) is 4.74 Å². The molecule has 1 aliphatic heterocycles. The first kappa shape index (κ1) is 12.9. The van der Waals surface area contributed by atoms with Gasteiger partial charge in [0.25, 0.3) is 0 Å². The maximum Gasteiger partial charge on any atom is 0.336 e. The van der Waals surface area contributed by atoms with E-state index < -0.39 is 5.97 Å². The van der Waals surface area contributed by atoms with Gasteiger partial charge < -0.3 is 15.2 Å². The van der Waals surface area contributed by atoms with Crippen LogP contribution in [0, 0.1) is 0 Å². The Morgan fingerprint density at radius 1 is 1.45 bits per heavy atom. The maximum absolute atomic E-state index is 11.4. The molecule has 1 aliphatic rings. The average molecular weight is 272 g/mol. The van der Waals surface area contributed by atoms with Crippen molar-refractivity contribution in [3.05, 3.63) is 35.9 Å². The number of benzene rings is 1. The molecule has 0 amide bonds. The van der Waals surface area contributed by atoms with Gasteiger partial charge in [-0.15, -0.1) is 0 Å². The molecule has 104 valence electrons. The Balaban J connectivity index is 2.01. The Morgan fingerprint density at radius 2 is 2.25 bits per heavy atom. The number of carboxylic acids is 1. The van der Waals surface area contributed by atoms with Gasteiger partial charge in [0.1, 0.15) is 5.82 Å². The largest absolute Gasteiger partial charge is 0.478 e. The summed E-state index contributed by atoms with van der Waals surface area (Å²) in [6.45, 7) is 2.72. The standard InChI is InChI=1S/C15H16N2O3/c1-9-12(6-7-20-9)16-14-8-11(15(18)19)10-4-2-3-5-13(10)17-14/h2-5,8-9,12H,6-7H2,1H3,(H,16,17)(H,18,19). The van der Waals surface area contributed by atoms with Crippen molar-refractivity contribution < 1.29 is 14.6 Å². The van der Waals surface area contributed by atoms with E-state index in [-0.39, 0.29) is 17.7 Å². The molecule has 1 saturated heterocycles. The number of carbonyl (C=O) groups is 1. The van der Waals surface area contributed by atoms with Crippen LogP contribution < -0.4 is 5.32 Å². The van der Waals surface area contributed by atoms with Crippen LogP contribution >= 0.6 is 0 Å². The molecule has 20 heavy (non-hydrogen) atoms. The summed E-state index contributed by atoms with van der Waals surface area (Å²) >= 11 is 0. The van der Waals surface area contributed by atoms with Gasteiger partial charge in [-0.1, -0.05) is 18.2 Å². The van der Waals surface area contributed by atoms with Crippen molar-refractivity contribution in [3.8, 4) is 0 Å². The third-order valence-electron chi connectivity index (χ3n) is 3.66. The van der Waals surface area contributed by atoms with E-state index in [9.17, 15) is 9.90 Å². The van der Waals surface area contributed by atoms with Gasteiger partial charge in [0, 0.05) is 12.0 Å².